The molecular formula is C19H17FN2O3. The normalized spacial score (nSPS) is 10.8. The second-order valence-corrected chi connectivity index (χ2v) is 5.09. The van der Waals surface area contributed by atoms with Crippen molar-refractivity contribution in [2.75, 3.05) is 6.61 Å². The lowest BCUT2D eigenvalue weighted by molar-refractivity contribution is -0.114. The Morgan fingerprint density at radius 3 is 2.52 bits per heavy atom. The van der Waals surface area contributed by atoms with Crippen LogP contribution in [0.2, 0.25) is 0 Å². The van der Waals surface area contributed by atoms with Crippen LogP contribution in [0, 0.1) is 17.1 Å². The zero-order valence-electron chi connectivity index (χ0n) is 13.7. The number of halogens is 1. The Balaban J connectivity index is 2.22. The van der Waals surface area contributed by atoms with Gasteiger partial charge in [-0.15, -0.1) is 0 Å². The maximum absolute atomic E-state index is 12.9. The Bertz CT molecular complexity index is 824. The molecule has 0 fully saturated rings. The fraction of sp³-hybridized carbons (Fsp3) is 0.158. The second-order valence-electron chi connectivity index (χ2n) is 5.09. The van der Waals surface area contributed by atoms with Crippen molar-refractivity contribution in [1.82, 2.24) is 0 Å². The van der Waals surface area contributed by atoms with Gasteiger partial charge in [-0.05, 0) is 48.4 Å². The summed E-state index contributed by atoms with van der Waals surface area (Å²) < 4.78 is 24.2. The van der Waals surface area contributed by atoms with Crippen LogP contribution in [0.1, 0.15) is 18.1 Å². The first kappa shape index (κ1) is 18.0. The van der Waals surface area contributed by atoms with Gasteiger partial charge in [0.15, 0.2) is 11.5 Å². The van der Waals surface area contributed by atoms with E-state index in [2.05, 4.69) is 0 Å². The molecule has 0 saturated carbocycles. The molecule has 2 aromatic carbocycles. The molecule has 2 N–H and O–H groups in total. The monoisotopic (exact) mass is 340 g/mol. The third kappa shape index (κ3) is 5.08. The highest BCUT2D eigenvalue weighted by atomic mass is 19.1. The number of rotatable bonds is 7. The number of ether oxygens (including phenoxy) is 2. The molecule has 2 aromatic rings. The summed E-state index contributed by atoms with van der Waals surface area (Å²) in [6, 6.07) is 12.8. The molecule has 0 saturated heterocycles. The van der Waals surface area contributed by atoms with E-state index in [0.29, 0.717) is 23.7 Å². The number of nitrogens with zero attached hydrogens (tertiary/aromatic N) is 1. The molecule has 0 bridgehead atoms. The molecule has 0 aliphatic carbocycles. The number of hydrogen-bond donors (Lipinski definition) is 1. The summed E-state index contributed by atoms with van der Waals surface area (Å²) in [5, 5.41) is 8.91. The van der Waals surface area contributed by atoms with Crippen molar-refractivity contribution < 1.29 is 18.7 Å². The van der Waals surface area contributed by atoms with Crippen LogP contribution in [0.15, 0.2) is 48.0 Å². The van der Waals surface area contributed by atoms with E-state index >= 15 is 0 Å². The predicted octanol–water partition coefficient (Wildman–Crippen LogP) is 3.20. The number of carbonyl (C=O) groups excluding carboxylic acids is 1. The lowest BCUT2D eigenvalue weighted by Crippen LogP contribution is -2.12. The number of nitriles is 1. The predicted molar refractivity (Wildman–Crippen MR) is 91.1 cm³/mol. The first-order valence-electron chi connectivity index (χ1n) is 7.59. The number of primary amides is 1. The Kier molecular flexibility index (Phi) is 6.13. The summed E-state index contributed by atoms with van der Waals surface area (Å²) >= 11 is 0. The summed E-state index contributed by atoms with van der Waals surface area (Å²) in [4.78, 5) is 11.1. The van der Waals surface area contributed by atoms with Gasteiger partial charge in [-0.25, -0.2) is 4.39 Å². The molecule has 25 heavy (non-hydrogen) atoms. The Hall–Kier alpha value is -3.33. The van der Waals surface area contributed by atoms with Crippen molar-refractivity contribution in [2.24, 2.45) is 5.73 Å². The van der Waals surface area contributed by atoms with Crippen molar-refractivity contribution in [3.8, 4) is 17.6 Å². The standard InChI is InChI=1S/C19H17FN2O3/c1-2-24-18-10-14(9-15(11-21)19(22)23)5-8-17(18)25-12-13-3-6-16(20)7-4-13/h3-10H,2,12H2,1H3,(H2,22,23). The first-order valence-corrected chi connectivity index (χ1v) is 7.59. The summed E-state index contributed by atoms with van der Waals surface area (Å²) in [5.74, 6) is -0.129. The highest BCUT2D eigenvalue weighted by Crippen LogP contribution is 2.30. The van der Waals surface area contributed by atoms with Gasteiger partial charge in [0, 0.05) is 0 Å². The van der Waals surface area contributed by atoms with E-state index in [1.54, 1.807) is 36.4 Å². The van der Waals surface area contributed by atoms with Crippen LogP contribution in [-0.2, 0) is 11.4 Å². The lowest BCUT2D eigenvalue weighted by Gasteiger charge is -2.13. The van der Waals surface area contributed by atoms with Crippen LogP contribution in [0.4, 0.5) is 4.39 Å². The van der Waals surface area contributed by atoms with Gasteiger partial charge < -0.3 is 15.2 Å². The SMILES string of the molecule is CCOc1cc(C=C(C#N)C(N)=O)ccc1OCc1ccc(F)cc1. The van der Waals surface area contributed by atoms with Crippen molar-refractivity contribution in [1.29, 1.82) is 5.26 Å². The summed E-state index contributed by atoms with van der Waals surface area (Å²) in [5.41, 5.74) is 6.39. The molecule has 6 heteroatoms. The summed E-state index contributed by atoms with van der Waals surface area (Å²) in [6.07, 6.45) is 1.38. The Morgan fingerprint density at radius 1 is 1.20 bits per heavy atom. The first-order chi connectivity index (χ1) is 12.0. The van der Waals surface area contributed by atoms with Gasteiger partial charge in [-0.1, -0.05) is 18.2 Å². The molecule has 0 radical (unpaired) electrons. The smallest absolute Gasteiger partial charge is 0.259 e. The molecule has 5 nitrogen and oxygen atoms in total. The molecule has 0 aliphatic rings. The van der Waals surface area contributed by atoms with Gasteiger partial charge in [-0.2, -0.15) is 5.26 Å². The number of benzene rings is 2. The molecule has 0 spiro atoms. The van der Waals surface area contributed by atoms with Crippen LogP contribution >= 0.6 is 0 Å². The van der Waals surface area contributed by atoms with Crippen LogP contribution in [0.3, 0.4) is 0 Å². The quantitative estimate of drug-likeness (QED) is 0.619. The number of hydrogen-bond acceptors (Lipinski definition) is 4. The Morgan fingerprint density at radius 2 is 1.92 bits per heavy atom. The molecule has 1 amide bonds. The molecule has 2 rings (SSSR count). The van der Waals surface area contributed by atoms with Gasteiger partial charge >= 0.3 is 0 Å². The second kappa shape index (κ2) is 8.50. The van der Waals surface area contributed by atoms with Crippen LogP contribution in [-0.4, -0.2) is 12.5 Å². The molecule has 0 atom stereocenters. The maximum atomic E-state index is 12.9. The third-order valence-corrected chi connectivity index (χ3v) is 3.27. The Labute approximate surface area is 145 Å². The molecular weight excluding hydrogens is 323 g/mol. The fourth-order valence-electron chi connectivity index (χ4n) is 2.07. The molecule has 0 heterocycles. The zero-order chi connectivity index (χ0) is 18.2. The van der Waals surface area contributed by atoms with Crippen LogP contribution in [0.5, 0.6) is 11.5 Å². The van der Waals surface area contributed by atoms with E-state index in [9.17, 15) is 9.18 Å². The third-order valence-electron chi connectivity index (χ3n) is 3.27. The number of carbonyl (C=O) groups is 1. The van der Waals surface area contributed by atoms with Crippen molar-refractivity contribution in [2.45, 2.75) is 13.5 Å². The van der Waals surface area contributed by atoms with Gasteiger partial charge in [0.2, 0.25) is 0 Å². The lowest BCUT2D eigenvalue weighted by atomic mass is 10.1. The minimum atomic E-state index is -0.794. The van der Waals surface area contributed by atoms with Gasteiger partial charge in [-0.3, -0.25) is 4.79 Å². The average molecular weight is 340 g/mol. The highest BCUT2D eigenvalue weighted by molar-refractivity contribution is 6.00. The molecule has 0 unspecified atom stereocenters. The van der Waals surface area contributed by atoms with E-state index in [1.807, 2.05) is 6.92 Å². The van der Waals surface area contributed by atoms with Crippen LogP contribution < -0.4 is 15.2 Å². The summed E-state index contributed by atoms with van der Waals surface area (Å²) in [7, 11) is 0. The van der Waals surface area contributed by atoms with Crippen molar-refractivity contribution in [3.63, 3.8) is 0 Å². The minimum absolute atomic E-state index is 0.151. The van der Waals surface area contributed by atoms with Crippen molar-refractivity contribution >= 4 is 12.0 Å². The highest BCUT2D eigenvalue weighted by Gasteiger charge is 2.09. The number of amides is 1. The zero-order valence-corrected chi connectivity index (χ0v) is 13.7. The molecule has 0 aliphatic heterocycles. The van der Waals surface area contributed by atoms with E-state index < -0.39 is 5.91 Å². The topological polar surface area (TPSA) is 85.3 Å². The molecule has 128 valence electrons. The minimum Gasteiger partial charge on any atom is -0.490 e. The van der Waals surface area contributed by atoms with Crippen LogP contribution in [0.25, 0.3) is 6.08 Å². The van der Waals surface area contributed by atoms with Gasteiger partial charge in [0.05, 0.1) is 6.61 Å². The maximum Gasteiger partial charge on any atom is 0.259 e. The fourth-order valence-corrected chi connectivity index (χ4v) is 2.07. The van der Waals surface area contributed by atoms with Gasteiger partial charge in [0.25, 0.3) is 5.91 Å². The molecule has 0 aromatic heterocycles. The summed E-state index contributed by atoms with van der Waals surface area (Å²) in [6.45, 7) is 2.50. The van der Waals surface area contributed by atoms with Crippen molar-refractivity contribution in [3.05, 3.63) is 65.0 Å². The van der Waals surface area contributed by atoms with E-state index in [1.165, 1.54) is 18.2 Å². The largest absolute Gasteiger partial charge is 0.490 e. The van der Waals surface area contributed by atoms with E-state index in [0.717, 1.165) is 5.56 Å². The van der Waals surface area contributed by atoms with E-state index in [-0.39, 0.29) is 18.0 Å². The number of nitrogens with two attached hydrogens (primary N) is 1. The average Bonchev–Trinajstić information content (AvgIpc) is 2.60. The van der Waals surface area contributed by atoms with E-state index in [4.69, 9.17) is 20.5 Å². The van der Waals surface area contributed by atoms with Gasteiger partial charge in [0.1, 0.15) is 24.1 Å².